The van der Waals surface area contributed by atoms with Crippen LogP contribution in [0.1, 0.15) is 16.1 Å². The highest BCUT2D eigenvalue weighted by molar-refractivity contribution is 6.07. The predicted octanol–water partition coefficient (Wildman–Crippen LogP) is 4.49. The summed E-state index contributed by atoms with van der Waals surface area (Å²) < 4.78 is 0. The Balaban J connectivity index is 1.50. The fraction of sp³-hybridized carbons (Fsp3) is 0.0455. The van der Waals surface area contributed by atoms with Gasteiger partial charge >= 0.3 is 0 Å². The summed E-state index contributed by atoms with van der Waals surface area (Å²) in [6.45, 7) is 0.680. The first-order valence-corrected chi connectivity index (χ1v) is 8.68. The molecule has 0 spiro atoms. The third-order valence-corrected chi connectivity index (χ3v) is 4.21. The van der Waals surface area contributed by atoms with E-state index in [1.807, 2.05) is 54.6 Å². The van der Waals surface area contributed by atoms with Gasteiger partial charge in [0, 0.05) is 30.0 Å². The molecule has 0 radical (unpaired) electrons. The second-order valence-corrected chi connectivity index (χ2v) is 6.10. The molecule has 5 nitrogen and oxygen atoms in total. The zero-order chi connectivity index (χ0) is 18.5. The predicted molar refractivity (Wildman–Crippen MR) is 108 cm³/mol. The normalized spacial score (nSPS) is 10.5. The van der Waals surface area contributed by atoms with Gasteiger partial charge in [-0.3, -0.25) is 14.8 Å². The molecule has 4 aromatic rings. The highest BCUT2D eigenvalue weighted by atomic mass is 16.1. The summed E-state index contributed by atoms with van der Waals surface area (Å²) in [5, 5.41) is 7.20. The van der Waals surface area contributed by atoms with Crippen LogP contribution in [0.5, 0.6) is 0 Å². The quantitative estimate of drug-likeness (QED) is 0.554. The number of fused-ring (bicyclic) bond motifs is 1. The van der Waals surface area contributed by atoms with Gasteiger partial charge in [-0.15, -0.1) is 0 Å². The molecule has 0 aliphatic carbocycles. The Bertz CT molecular complexity index is 1070. The van der Waals surface area contributed by atoms with Crippen molar-refractivity contribution in [1.82, 2.24) is 9.97 Å². The van der Waals surface area contributed by atoms with Gasteiger partial charge in [-0.2, -0.15) is 0 Å². The number of hydrogen-bond donors (Lipinski definition) is 2. The van der Waals surface area contributed by atoms with E-state index in [9.17, 15) is 4.79 Å². The first-order chi connectivity index (χ1) is 13.3. The molecule has 2 heterocycles. The van der Waals surface area contributed by atoms with Crippen LogP contribution in [-0.2, 0) is 6.54 Å². The van der Waals surface area contributed by atoms with Crippen molar-refractivity contribution in [2.75, 3.05) is 10.6 Å². The van der Waals surface area contributed by atoms with Crippen molar-refractivity contribution >= 4 is 28.2 Å². The van der Waals surface area contributed by atoms with Crippen molar-refractivity contribution in [2.24, 2.45) is 0 Å². The van der Waals surface area contributed by atoms with Gasteiger partial charge in [0.25, 0.3) is 5.91 Å². The molecular formula is C22H18N4O. The van der Waals surface area contributed by atoms with Crippen LogP contribution >= 0.6 is 0 Å². The van der Waals surface area contributed by atoms with Gasteiger partial charge in [-0.25, -0.2) is 0 Å². The molecule has 0 atom stereocenters. The summed E-state index contributed by atoms with van der Waals surface area (Å²) in [6, 6.07) is 23.2. The molecule has 27 heavy (non-hydrogen) atoms. The third kappa shape index (κ3) is 3.93. The SMILES string of the molecule is O=C(Nc1cccc2cccnc12)c1cc(NCc2ccccc2)ccn1. The number of pyridine rings is 2. The number of nitrogens with zero attached hydrogens (tertiary/aromatic N) is 2. The zero-order valence-corrected chi connectivity index (χ0v) is 14.6. The van der Waals surface area contributed by atoms with Gasteiger partial charge in [0.15, 0.2) is 0 Å². The van der Waals surface area contributed by atoms with E-state index in [1.165, 1.54) is 5.56 Å². The van der Waals surface area contributed by atoms with E-state index in [0.717, 1.165) is 16.6 Å². The third-order valence-electron chi connectivity index (χ3n) is 4.21. The van der Waals surface area contributed by atoms with E-state index in [0.29, 0.717) is 17.9 Å². The Morgan fingerprint density at radius 3 is 2.59 bits per heavy atom. The van der Waals surface area contributed by atoms with E-state index < -0.39 is 0 Å². The second kappa shape index (κ2) is 7.66. The minimum Gasteiger partial charge on any atom is -0.381 e. The average molecular weight is 354 g/mol. The lowest BCUT2D eigenvalue weighted by atomic mass is 10.2. The molecule has 2 aromatic carbocycles. The van der Waals surface area contributed by atoms with Crippen LogP contribution in [0, 0.1) is 0 Å². The number of carbonyl (C=O) groups is 1. The van der Waals surface area contributed by atoms with Crippen LogP contribution in [0.15, 0.2) is 85.2 Å². The molecule has 0 aliphatic heterocycles. The summed E-state index contributed by atoms with van der Waals surface area (Å²) in [5.74, 6) is -0.267. The molecule has 0 saturated heterocycles. The molecule has 0 aliphatic rings. The van der Waals surface area contributed by atoms with Gasteiger partial charge in [0.05, 0.1) is 11.2 Å². The smallest absolute Gasteiger partial charge is 0.274 e. The number of anilines is 2. The average Bonchev–Trinajstić information content (AvgIpc) is 2.73. The summed E-state index contributed by atoms with van der Waals surface area (Å²) in [6.07, 6.45) is 3.34. The summed E-state index contributed by atoms with van der Waals surface area (Å²) in [5.41, 5.74) is 3.78. The molecule has 0 fully saturated rings. The Kier molecular flexibility index (Phi) is 4.74. The maximum atomic E-state index is 12.7. The zero-order valence-electron chi connectivity index (χ0n) is 14.6. The van der Waals surface area contributed by atoms with Crippen molar-refractivity contribution in [1.29, 1.82) is 0 Å². The number of carbonyl (C=O) groups excluding carboxylic acids is 1. The highest BCUT2D eigenvalue weighted by Gasteiger charge is 2.11. The number of aromatic nitrogens is 2. The number of benzene rings is 2. The minimum atomic E-state index is -0.267. The maximum Gasteiger partial charge on any atom is 0.274 e. The van der Waals surface area contributed by atoms with E-state index in [1.54, 1.807) is 18.5 Å². The fourth-order valence-electron chi connectivity index (χ4n) is 2.86. The second-order valence-electron chi connectivity index (χ2n) is 6.10. The summed E-state index contributed by atoms with van der Waals surface area (Å²) >= 11 is 0. The van der Waals surface area contributed by atoms with Gasteiger partial charge in [0.1, 0.15) is 5.69 Å². The molecular weight excluding hydrogens is 336 g/mol. The lowest BCUT2D eigenvalue weighted by Crippen LogP contribution is -2.14. The monoisotopic (exact) mass is 354 g/mol. The summed E-state index contributed by atoms with van der Waals surface area (Å²) in [7, 11) is 0. The molecule has 0 unspecified atom stereocenters. The number of para-hydroxylation sites is 1. The van der Waals surface area contributed by atoms with Crippen LogP contribution in [-0.4, -0.2) is 15.9 Å². The molecule has 2 aromatic heterocycles. The molecule has 0 bridgehead atoms. The van der Waals surface area contributed by atoms with Gasteiger partial charge in [-0.1, -0.05) is 48.5 Å². The first kappa shape index (κ1) is 16.7. The maximum absolute atomic E-state index is 12.7. The van der Waals surface area contributed by atoms with Crippen LogP contribution in [0.3, 0.4) is 0 Å². The Labute approximate surface area is 157 Å². The van der Waals surface area contributed by atoms with Crippen LogP contribution in [0.25, 0.3) is 10.9 Å². The van der Waals surface area contributed by atoms with E-state index in [2.05, 4.69) is 32.7 Å². The van der Waals surface area contributed by atoms with Crippen molar-refractivity contribution in [3.63, 3.8) is 0 Å². The highest BCUT2D eigenvalue weighted by Crippen LogP contribution is 2.21. The van der Waals surface area contributed by atoms with Gasteiger partial charge in [0.2, 0.25) is 0 Å². The number of nitrogens with one attached hydrogen (secondary N) is 2. The van der Waals surface area contributed by atoms with Crippen molar-refractivity contribution < 1.29 is 4.79 Å². The van der Waals surface area contributed by atoms with Crippen LogP contribution < -0.4 is 10.6 Å². The topological polar surface area (TPSA) is 66.9 Å². The molecule has 0 saturated carbocycles. The van der Waals surface area contributed by atoms with E-state index in [4.69, 9.17) is 0 Å². The van der Waals surface area contributed by atoms with Gasteiger partial charge < -0.3 is 10.6 Å². The fourth-order valence-corrected chi connectivity index (χ4v) is 2.86. The lowest BCUT2D eigenvalue weighted by Gasteiger charge is -2.10. The first-order valence-electron chi connectivity index (χ1n) is 8.68. The Morgan fingerprint density at radius 1 is 0.852 bits per heavy atom. The number of hydrogen-bond acceptors (Lipinski definition) is 4. The molecule has 5 heteroatoms. The summed E-state index contributed by atoms with van der Waals surface area (Å²) in [4.78, 5) is 21.2. The molecule has 4 rings (SSSR count). The van der Waals surface area contributed by atoms with Crippen molar-refractivity contribution in [3.8, 4) is 0 Å². The van der Waals surface area contributed by atoms with Gasteiger partial charge in [-0.05, 0) is 29.8 Å². The number of rotatable bonds is 5. The minimum absolute atomic E-state index is 0.267. The van der Waals surface area contributed by atoms with Crippen molar-refractivity contribution in [3.05, 3.63) is 96.4 Å². The van der Waals surface area contributed by atoms with E-state index in [-0.39, 0.29) is 5.91 Å². The largest absolute Gasteiger partial charge is 0.381 e. The molecule has 2 N–H and O–H groups in total. The number of amides is 1. The van der Waals surface area contributed by atoms with Crippen molar-refractivity contribution in [2.45, 2.75) is 6.54 Å². The van der Waals surface area contributed by atoms with Crippen LogP contribution in [0.4, 0.5) is 11.4 Å². The molecule has 132 valence electrons. The molecule has 1 amide bonds. The lowest BCUT2D eigenvalue weighted by molar-refractivity contribution is 0.102. The Morgan fingerprint density at radius 2 is 1.70 bits per heavy atom. The van der Waals surface area contributed by atoms with E-state index >= 15 is 0 Å². The van der Waals surface area contributed by atoms with Crippen LogP contribution in [0.2, 0.25) is 0 Å². The standard InChI is InChI=1S/C22H18N4O/c27-22(26-19-10-4-8-17-9-5-12-24-21(17)19)20-14-18(11-13-23-20)25-15-16-6-2-1-3-7-16/h1-14H,15H2,(H,23,25)(H,26,27). The Hall–Kier alpha value is -3.73.